The average Bonchev–Trinajstić information content (AvgIpc) is 3.29. The number of benzene rings is 2. The van der Waals surface area contributed by atoms with Crippen LogP contribution in [-0.2, 0) is 0 Å². The molecule has 1 N–H and O–H groups in total. The first-order chi connectivity index (χ1) is 16.7. The number of aromatic nitrogens is 1. The normalized spacial score (nSPS) is 18.6. The molecule has 0 radical (unpaired) electrons. The summed E-state index contributed by atoms with van der Waals surface area (Å²) < 4.78 is 29.5. The van der Waals surface area contributed by atoms with Crippen molar-refractivity contribution in [2.24, 2.45) is 5.92 Å². The van der Waals surface area contributed by atoms with Crippen LogP contribution in [0.25, 0.3) is 10.2 Å². The highest BCUT2D eigenvalue weighted by Gasteiger charge is 2.26. The highest BCUT2D eigenvalue weighted by Crippen LogP contribution is 2.46. The molecule has 0 amide bonds. The van der Waals surface area contributed by atoms with Gasteiger partial charge in [-0.1, -0.05) is 23.5 Å². The van der Waals surface area contributed by atoms with Crippen LogP contribution in [0.5, 0.6) is 28.7 Å². The van der Waals surface area contributed by atoms with Gasteiger partial charge in [-0.15, -0.1) is 0 Å². The van der Waals surface area contributed by atoms with Crippen LogP contribution in [0, 0.1) is 5.92 Å². The quantitative estimate of drug-likeness (QED) is 0.507. The van der Waals surface area contributed by atoms with Gasteiger partial charge in [-0.3, -0.25) is 4.90 Å². The smallest absolute Gasteiger partial charge is 0.204 e. The highest BCUT2D eigenvalue weighted by atomic mass is 32.1. The molecule has 2 aliphatic heterocycles. The molecule has 5 rings (SSSR count). The van der Waals surface area contributed by atoms with Crippen molar-refractivity contribution in [1.29, 1.82) is 0 Å². The molecule has 0 aliphatic carbocycles. The summed E-state index contributed by atoms with van der Waals surface area (Å²) in [4.78, 5) is 7.24. The maximum atomic E-state index is 6.13. The van der Waals surface area contributed by atoms with Crippen LogP contribution >= 0.6 is 11.3 Å². The lowest BCUT2D eigenvalue weighted by molar-refractivity contribution is 0.0485. The summed E-state index contributed by atoms with van der Waals surface area (Å²) in [6.07, 6.45) is 2.37. The van der Waals surface area contributed by atoms with E-state index >= 15 is 0 Å². The third-order valence-electron chi connectivity index (χ3n) is 6.46. The molecule has 3 aromatic rings. The molecule has 3 heterocycles. The number of thiazole rings is 1. The predicted octanol–water partition coefficient (Wildman–Crippen LogP) is 4.29. The van der Waals surface area contributed by atoms with Gasteiger partial charge < -0.3 is 29.0 Å². The van der Waals surface area contributed by atoms with Gasteiger partial charge in [0.05, 0.1) is 26.8 Å². The average molecular weight is 486 g/mol. The standard InChI is InChI=1S/C25H31N3O5S/c1-29-21-12-18-24(23(31-3)22(21)30-2)34-25(27-18)26-13-16-8-10-28(11-9-16)14-17-15-32-19-6-4-5-7-20(19)33-17/h4-7,12,16-17H,8-11,13-15H2,1-3H3,(H,26,27). The van der Waals surface area contributed by atoms with E-state index in [2.05, 4.69) is 10.2 Å². The van der Waals surface area contributed by atoms with E-state index in [9.17, 15) is 0 Å². The first kappa shape index (κ1) is 22.9. The van der Waals surface area contributed by atoms with Crippen LogP contribution in [0.15, 0.2) is 30.3 Å². The molecule has 2 aliphatic rings. The van der Waals surface area contributed by atoms with E-state index in [-0.39, 0.29) is 6.10 Å². The number of piperidine rings is 1. The van der Waals surface area contributed by atoms with Gasteiger partial charge in [-0.05, 0) is 44.0 Å². The summed E-state index contributed by atoms with van der Waals surface area (Å²) in [5, 5.41) is 4.43. The van der Waals surface area contributed by atoms with Crippen molar-refractivity contribution in [3.05, 3.63) is 30.3 Å². The number of hydrogen-bond donors (Lipinski definition) is 1. The molecule has 2 aromatic carbocycles. The zero-order valence-corrected chi connectivity index (χ0v) is 20.7. The fraction of sp³-hybridized carbons (Fsp3) is 0.480. The number of nitrogens with one attached hydrogen (secondary N) is 1. The van der Waals surface area contributed by atoms with Gasteiger partial charge >= 0.3 is 0 Å². The molecule has 1 atom stereocenters. The third-order valence-corrected chi connectivity index (χ3v) is 7.49. The Morgan fingerprint density at radius 2 is 1.82 bits per heavy atom. The van der Waals surface area contributed by atoms with Crippen molar-refractivity contribution in [3.63, 3.8) is 0 Å². The largest absolute Gasteiger partial charge is 0.493 e. The Balaban J connectivity index is 1.14. The number of hydrogen-bond acceptors (Lipinski definition) is 9. The number of anilines is 1. The maximum Gasteiger partial charge on any atom is 0.204 e. The summed E-state index contributed by atoms with van der Waals surface area (Å²) in [6.45, 7) is 4.54. The lowest BCUT2D eigenvalue weighted by Gasteiger charge is -2.35. The summed E-state index contributed by atoms with van der Waals surface area (Å²) in [5.74, 6) is 4.17. The Kier molecular flexibility index (Phi) is 6.82. The summed E-state index contributed by atoms with van der Waals surface area (Å²) in [5.41, 5.74) is 0.841. The van der Waals surface area contributed by atoms with Crippen molar-refractivity contribution < 1.29 is 23.7 Å². The molecule has 182 valence electrons. The monoisotopic (exact) mass is 485 g/mol. The molecule has 0 spiro atoms. The Morgan fingerprint density at radius 3 is 2.56 bits per heavy atom. The summed E-state index contributed by atoms with van der Waals surface area (Å²) >= 11 is 1.58. The van der Waals surface area contributed by atoms with Gasteiger partial charge in [0.1, 0.15) is 17.4 Å². The van der Waals surface area contributed by atoms with Gasteiger partial charge in [0.25, 0.3) is 0 Å². The van der Waals surface area contributed by atoms with Crippen molar-refractivity contribution in [1.82, 2.24) is 9.88 Å². The van der Waals surface area contributed by atoms with E-state index in [1.54, 1.807) is 32.7 Å². The molecule has 0 bridgehead atoms. The Hall–Kier alpha value is -2.91. The van der Waals surface area contributed by atoms with Crippen LogP contribution in [0.4, 0.5) is 5.13 Å². The van der Waals surface area contributed by atoms with Crippen molar-refractivity contribution in [3.8, 4) is 28.7 Å². The highest BCUT2D eigenvalue weighted by molar-refractivity contribution is 7.22. The van der Waals surface area contributed by atoms with E-state index in [1.165, 1.54) is 0 Å². The molecule has 1 saturated heterocycles. The molecule has 8 nitrogen and oxygen atoms in total. The molecule has 0 saturated carbocycles. The molecule has 1 unspecified atom stereocenters. The van der Waals surface area contributed by atoms with Crippen molar-refractivity contribution >= 4 is 26.7 Å². The number of likely N-dealkylation sites (tertiary alicyclic amines) is 1. The third kappa shape index (κ3) is 4.67. The number of rotatable bonds is 8. The SMILES string of the molecule is COc1cc2nc(NCC3CCN(CC4COc5ccccc5O4)CC3)sc2c(OC)c1OC. The number of ether oxygens (including phenoxy) is 5. The van der Waals surface area contributed by atoms with Gasteiger partial charge in [0.15, 0.2) is 28.1 Å². The lowest BCUT2D eigenvalue weighted by Crippen LogP contribution is -2.44. The Bertz CT molecular complexity index is 1130. The second-order valence-electron chi connectivity index (χ2n) is 8.64. The van der Waals surface area contributed by atoms with Gasteiger partial charge in [-0.25, -0.2) is 4.98 Å². The maximum absolute atomic E-state index is 6.13. The zero-order chi connectivity index (χ0) is 23.5. The first-order valence-corrected chi connectivity index (χ1v) is 12.4. The molecule has 1 aromatic heterocycles. The zero-order valence-electron chi connectivity index (χ0n) is 19.8. The van der Waals surface area contributed by atoms with Gasteiger partial charge in [0, 0.05) is 19.2 Å². The molecular weight excluding hydrogens is 454 g/mol. The number of para-hydroxylation sites is 2. The Labute approximate surface area is 203 Å². The van der Waals surface area contributed by atoms with Crippen LogP contribution < -0.4 is 29.0 Å². The van der Waals surface area contributed by atoms with Crippen molar-refractivity contribution in [2.45, 2.75) is 18.9 Å². The minimum atomic E-state index is 0.0799. The topological polar surface area (TPSA) is 74.3 Å². The predicted molar refractivity (Wildman–Crippen MR) is 133 cm³/mol. The molecule has 9 heteroatoms. The summed E-state index contributed by atoms with van der Waals surface area (Å²) in [6, 6.07) is 9.78. The minimum Gasteiger partial charge on any atom is -0.493 e. The van der Waals surface area contributed by atoms with Crippen molar-refractivity contribution in [2.75, 3.05) is 59.4 Å². The number of methoxy groups -OCH3 is 3. The van der Waals surface area contributed by atoms with E-state index < -0.39 is 0 Å². The Morgan fingerprint density at radius 1 is 1.06 bits per heavy atom. The molecule has 1 fully saturated rings. The van der Waals surface area contributed by atoms with Crippen LogP contribution in [0.2, 0.25) is 0 Å². The second kappa shape index (κ2) is 10.1. The van der Waals surface area contributed by atoms with E-state index in [0.717, 1.165) is 65.9 Å². The van der Waals surface area contributed by atoms with Crippen LogP contribution in [0.3, 0.4) is 0 Å². The fourth-order valence-corrected chi connectivity index (χ4v) is 5.62. The van der Waals surface area contributed by atoms with E-state index in [0.29, 0.717) is 29.8 Å². The minimum absolute atomic E-state index is 0.0799. The lowest BCUT2D eigenvalue weighted by atomic mass is 9.96. The van der Waals surface area contributed by atoms with E-state index in [4.69, 9.17) is 28.7 Å². The second-order valence-corrected chi connectivity index (χ2v) is 9.63. The number of fused-ring (bicyclic) bond motifs is 2. The first-order valence-electron chi connectivity index (χ1n) is 11.6. The van der Waals surface area contributed by atoms with Gasteiger partial charge in [0.2, 0.25) is 5.75 Å². The fourth-order valence-electron chi connectivity index (χ4n) is 4.65. The van der Waals surface area contributed by atoms with Crippen LogP contribution in [-0.4, -0.2) is 70.1 Å². The van der Waals surface area contributed by atoms with Crippen LogP contribution in [0.1, 0.15) is 12.8 Å². The molecular formula is C25H31N3O5S. The van der Waals surface area contributed by atoms with Gasteiger partial charge in [-0.2, -0.15) is 0 Å². The summed E-state index contributed by atoms with van der Waals surface area (Å²) in [7, 11) is 4.87. The van der Waals surface area contributed by atoms with E-state index in [1.807, 2.05) is 30.3 Å². The number of nitrogens with zero attached hydrogens (tertiary/aromatic N) is 2. The molecule has 34 heavy (non-hydrogen) atoms.